The second-order valence-electron chi connectivity index (χ2n) is 10.5. The Morgan fingerprint density at radius 2 is 1.76 bits per heavy atom. The third kappa shape index (κ3) is 4.37. The molecule has 1 aliphatic carbocycles. The summed E-state index contributed by atoms with van der Waals surface area (Å²) in [4.78, 5) is 22.1. The number of alkyl halides is 2. The number of benzene rings is 1. The zero-order chi connectivity index (χ0) is 27.5. The van der Waals surface area contributed by atoms with Crippen LogP contribution in [0.5, 0.6) is 0 Å². The Hall–Kier alpha value is -2.99. The molecule has 204 valence electrons. The second-order valence-corrected chi connectivity index (χ2v) is 12.6. The first-order chi connectivity index (χ1) is 17.9. The highest BCUT2D eigenvalue weighted by Gasteiger charge is 2.54. The van der Waals surface area contributed by atoms with Crippen LogP contribution in [0, 0.1) is 11.2 Å². The molecule has 0 bridgehead atoms. The van der Waals surface area contributed by atoms with Crippen molar-refractivity contribution in [1.29, 1.82) is 0 Å². The van der Waals surface area contributed by atoms with Crippen LogP contribution in [0.1, 0.15) is 61.8 Å². The van der Waals surface area contributed by atoms with Crippen molar-refractivity contribution < 1.29 is 26.3 Å². The minimum Gasteiger partial charge on any atom is -0.373 e. The number of hydrogen-bond donors (Lipinski definition) is 1. The Bertz CT molecular complexity index is 1550. The molecule has 1 aromatic carbocycles. The number of fused-ring (bicyclic) bond motifs is 1. The van der Waals surface area contributed by atoms with Crippen LogP contribution in [-0.2, 0) is 27.2 Å². The van der Waals surface area contributed by atoms with Gasteiger partial charge in [-0.2, -0.15) is 0 Å². The lowest BCUT2D eigenvalue weighted by Crippen LogP contribution is -2.53. The molecule has 0 amide bonds. The molecule has 1 spiro atoms. The molecular weight excluding hydrogens is 521 g/mol. The Labute approximate surface area is 218 Å². The number of rotatable bonds is 6. The minimum absolute atomic E-state index is 0.0565. The summed E-state index contributed by atoms with van der Waals surface area (Å²) in [6, 6.07) is 4.82. The molecule has 1 N–H and O–H groups in total. The van der Waals surface area contributed by atoms with Crippen LogP contribution < -0.4 is 10.9 Å². The summed E-state index contributed by atoms with van der Waals surface area (Å²) in [6.07, 6.45) is 0.536. The van der Waals surface area contributed by atoms with Gasteiger partial charge in [0, 0.05) is 19.7 Å². The molecule has 1 atom stereocenters. The predicted octanol–water partition coefficient (Wildman–Crippen LogP) is 4.41. The fraction of sp³-hybridized carbons (Fsp3) is 0.500. The maximum atomic E-state index is 14.8. The molecule has 0 radical (unpaired) electrons. The van der Waals surface area contributed by atoms with E-state index in [2.05, 4.69) is 15.3 Å². The van der Waals surface area contributed by atoms with E-state index in [0.29, 0.717) is 48.1 Å². The normalized spacial score (nSPS) is 20.4. The first-order valence-corrected chi connectivity index (χ1v) is 14.2. The highest BCUT2D eigenvalue weighted by atomic mass is 32.2. The Kier molecular flexibility index (Phi) is 6.54. The average molecular weight is 551 g/mol. The Morgan fingerprint density at radius 1 is 1.11 bits per heavy atom. The summed E-state index contributed by atoms with van der Waals surface area (Å²) >= 11 is 0. The van der Waals surface area contributed by atoms with Gasteiger partial charge >= 0.3 is 0 Å². The third-order valence-electron chi connectivity index (χ3n) is 8.17. The van der Waals surface area contributed by atoms with Crippen LogP contribution in [0.2, 0.25) is 0 Å². The van der Waals surface area contributed by atoms with Crippen molar-refractivity contribution in [3.8, 4) is 0 Å². The minimum atomic E-state index is -2.99. The zero-order valence-electron chi connectivity index (χ0n) is 21.3. The molecule has 1 saturated heterocycles. The molecule has 8 nitrogen and oxygen atoms in total. The topological polar surface area (TPSA) is 103 Å². The van der Waals surface area contributed by atoms with Crippen LogP contribution in [0.4, 0.5) is 19.0 Å². The number of methoxy groups -OCH3 is 1. The van der Waals surface area contributed by atoms with Crippen molar-refractivity contribution in [2.75, 3.05) is 23.9 Å². The van der Waals surface area contributed by atoms with Crippen molar-refractivity contribution in [1.82, 2.24) is 14.5 Å². The molecule has 0 unspecified atom stereocenters. The summed E-state index contributed by atoms with van der Waals surface area (Å²) in [7, 11) is 0.140. The molecule has 3 heterocycles. The lowest BCUT2D eigenvalue weighted by atomic mass is 9.68. The monoisotopic (exact) mass is 550 g/mol. The van der Waals surface area contributed by atoms with Crippen molar-refractivity contribution in [2.24, 2.45) is 12.5 Å². The molecule has 3 aromatic rings. The van der Waals surface area contributed by atoms with E-state index >= 15 is 0 Å². The van der Waals surface area contributed by atoms with Gasteiger partial charge in [0.15, 0.2) is 9.84 Å². The third-order valence-corrected chi connectivity index (χ3v) is 10.3. The van der Waals surface area contributed by atoms with Crippen LogP contribution in [0.3, 0.4) is 0 Å². The van der Waals surface area contributed by atoms with Gasteiger partial charge in [0.25, 0.3) is 12.0 Å². The van der Waals surface area contributed by atoms with E-state index in [-0.39, 0.29) is 28.0 Å². The molecule has 2 aromatic heterocycles. The summed E-state index contributed by atoms with van der Waals surface area (Å²) in [5, 5.41) is 3.59. The van der Waals surface area contributed by atoms with Crippen LogP contribution >= 0.6 is 0 Å². The molecule has 2 aliphatic rings. The Morgan fingerprint density at radius 3 is 2.37 bits per heavy atom. The van der Waals surface area contributed by atoms with Gasteiger partial charge in [0.1, 0.15) is 23.6 Å². The van der Waals surface area contributed by atoms with E-state index in [1.807, 2.05) is 0 Å². The van der Waals surface area contributed by atoms with E-state index in [4.69, 9.17) is 4.74 Å². The molecule has 1 aliphatic heterocycles. The first-order valence-electron chi connectivity index (χ1n) is 12.3. The zero-order valence-corrected chi connectivity index (χ0v) is 22.1. The lowest BCUT2D eigenvalue weighted by Gasteiger charge is -2.49. The van der Waals surface area contributed by atoms with Gasteiger partial charge in [-0.25, -0.2) is 31.6 Å². The highest BCUT2D eigenvalue weighted by molar-refractivity contribution is 7.92. The first kappa shape index (κ1) is 26.6. The summed E-state index contributed by atoms with van der Waals surface area (Å²) in [6.45, 7) is 1.63. The number of aromatic nitrogens is 3. The Balaban J connectivity index is 1.53. The lowest BCUT2D eigenvalue weighted by molar-refractivity contribution is -0.0687. The molecule has 38 heavy (non-hydrogen) atoms. The van der Waals surface area contributed by atoms with Crippen LogP contribution in [0.15, 0.2) is 35.4 Å². The van der Waals surface area contributed by atoms with Gasteiger partial charge in [-0.05, 0) is 44.1 Å². The van der Waals surface area contributed by atoms with E-state index < -0.39 is 39.3 Å². The average Bonchev–Trinajstić information content (AvgIpc) is 2.86. The van der Waals surface area contributed by atoms with Crippen molar-refractivity contribution >= 4 is 26.7 Å². The molecule has 1 saturated carbocycles. The molecule has 2 fully saturated rings. The smallest absolute Gasteiger partial charge is 0.266 e. The van der Waals surface area contributed by atoms with E-state index in [9.17, 15) is 26.4 Å². The number of pyridine rings is 1. The van der Waals surface area contributed by atoms with Crippen LogP contribution in [0.25, 0.3) is 11.0 Å². The number of hydrogen-bond acceptors (Lipinski definition) is 7. The number of aryl methyl sites for hydroxylation is 1. The van der Waals surface area contributed by atoms with Crippen molar-refractivity contribution in [3.05, 3.63) is 63.5 Å². The maximum absolute atomic E-state index is 14.8. The fourth-order valence-electron chi connectivity index (χ4n) is 6.01. The van der Waals surface area contributed by atoms with Gasteiger partial charge in [-0.3, -0.25) is 9.36 Å². The highest BCUT2D eigenvalue weighted by Crippen LogP contribution is 2.52. The fourth-order valence-corrected chi connectivity index (χ4v) is 8.37. The maximum Gasteiger partial charge on any atom is 0.266 e. The number of anilines is 1. The number of sulfone groups is 1. The quantitative estimate of drug-likeness (QED) is 0.485. The number of nitrogens with one attached hydrogen (secondary N) is 1. The summed E-state index contributed by atoms with van der Waals surface area (Å²) < 4.78 is 72.3. The van der Waals surface area contributed by atoms with Gasteiger partial charge in [0.05, 0.1) is 39.7 Å². The summed E-state index contributed by atoms with van der Waals surface area (Å²) in [5.74, 6) is -0.344. The van der Waals surface area contributed by atoms with Gasteiger partial charge in [-0.15, -0.1) is 0 Å². The summed E-state index contributed by atoms with van der Waals surface area (Å²) in [5.41, 5.74) is -1.33. The van der Waals surface area contributed by atoms with E-state index in [1.54, 1.807) is 27.1 Å². The van der Waals surface area contributed by atoms with Gasteiger partial charge in [-0.1, -0.05) is 18.2 Å². The van der Waals surface area contributed by atoms with Crippen molar-refractivity contribution in [2.45, 2.75) is 50.7 Å². The van der Waals surface area contributed by atoms with E-state index in [1.165, 1.54) is 23.0 Å². The van der Waals surface area contributed by atoms with Crippen molar-refractivity contribution in [3.63, 3.8) is 0 Å². The molecule has 5 rings (SSSR count). The number of halogens is 3. The predicted molar refractivity (Wildman–Crippen MR) is 136 cm³/mol. The molecule has 12 heteroatoms. The van der Waals surface area contributed by atoms with Crippen LogP contribution in [-0.4, -0.2) is 41.6 Å². The standard InChI is InChI=1S/C26H29F3N4O4S/c1-15(16-5-4-6-17(20(16)27)21(28)29)32-22-18-11-19(24(34)33(2)23(18)31-14-30-22)26(37-3)9-7-25(8-10-26)12-38(35,36)13-25/h4-6,11,14-15,21H,7-10,12-13H2,1-3H3,(H,30,31,32)/t15-/m1/s1. The van der Waals surface area contributed by atoms with Gasteiger partial charge < -0.3 is 10.1 Å². The number of nitrogens with zero attached hydrogens (tertiary/aromatic N) is 3. The largest absolute Gasteiger partial charge is 0.373 e. The molecular formula is C26H29F3N4O4S. The van der Waals surface area contributed by atoms with E-state index in [0.717, 1.165) is 6.07 Å². The van der Waals surface area contributed by atoms with Gasteiger partial charge in [0.2, 0.25) is 0 Å². The SMILES string of the molecule is COC1(c2cc3c(N[C@H](C)c4cccc(C(F)F)c4F)ncnc3n(C)c2=O)CCC2(CC1)CS(=O)(=O)C2. The second kappa shape index (κ2) is 9.33. The number of ether oxygens (including phenoxy) is 1.